The second-order valence-electron chi connectivity index (χ2n) is 5.36. The summed E-state index contributed by atoms with van der Waals surface area (Å²) < 4.78 is 4.51. The number of benzene rings is 1. The largest absolute Gasteiger partial charge is 0.469 e. The molecule has 2 rings (SSSR count). The van der Waals surface area contributed by atoms with Crippen LogP contribution in [0.15, 0.2) is 24.3 Å². The lowest BCUT2D eigenvalue weighted by Gasteiger charge is -2.16. The van der Waals surface area contributed by atoms with Gasteiger partial charge in [0.1, 0.15) is 0 Å². The van der Waals surface area contributed by atoms with Gasteiger partial charge in [0, 0.05) is 25.2 Å². The summed E-state index contributed by atoms with van der Waals surface area (Å²) >= 11 is 0. The molecule has 0 radical (unpaired) electrons. The summed E-state index contributed by atoms with van der Waals surface area (Å²) in [6.45, 7) is 2.57. The number of nitrogens with one attached hydrogen (secondary N) is 1. The van der Waals surface area contributed by atoms with Gasteiger partial charge in [0.2, 0.25) is 11.8 Å². The summed E-state index contributed by atoms with van der Waals surface area (Å²) in [6, 6.07) is 7.63. The van der Waals surface area contributed by atoms with Gasteiger partial charge in [0.25, 0.3) is 0 Å². The summed E-state index contributed by atoms with van der Waals surface area (Å²) in [5, 5.41) is 2.67. The van der Waals surface area contributed by atoms with Crippen LogP contribution in [-0.2, 0) is 19.1 Å². The van der Waals surface area contributed by atoms with Crippen LogP contribution in [0.3, 0.4) is 0 Å². The number of nitrogens with zero attached hydrogens (tertiary/aromatic N) is 1. The molecule has 1 fully saturated rings. The van der Waals surface area contributed by atoms with E-state index in [1.165, 1.54) is 7.11 Å². The fourth-order valence-corrected chi connectivity index (χ4v) is 2.39. The van der Waals surface area contributed by atoms with Crippen molar-refractivity contribution in [1.82, 2.24) is 5.32 Å². The van der Waals surface area contributed by atoms with Crippen molar-refractivity contribution < 1.29 is 19.1 Å². The average molecular weight is 304 g/mol. The molecule has 1 aromatic rings. The first-order valence-electron chi connectivity index (χ1n) is 7.23. The summed E-state index contributed by atoms with van der Waals surface area (Å²) in [7, 11) is 1.30. The van der Waals surface area contributed by atoms with Crippen molar-refractivity contribution in [3.8, 4) is 0 Å². The van der Waals surface area contributed by atoms with Crippen LogP contribution in [0.4, 0.5) is 5.69 Å². The quantitative estimate of drug-likeness (QED) is 0.824. The van der Waals surface area contributed by atoms with Gasteiger partial charge in [-0.1, -0.05) is 17.7 Å². The Bertz CT molecular complexity index is 568. The smallest absolute Gasteiger partial charge is 0.307 e. The van der Waals surface area contributed by atoms with Gasteiger partial charge in [-0.3, -0.25) is 14.4 Å². The summed E-state index contributed by atoms with van der Waals surface area (Å²) in [4.78, 5) is 36.7. The Balaban J connectivity index is 1.90. The molecule has 1 heterocycles. The Labute approximate surface area is 129 Å². The molecule has 1 saturated heterocycles. The highest BCUT2D eigenvalue weighted by Crippen LogP contribution is 2.25. The Morgan fingerprint density at radius 3 is 2.64 bits per heavy atom. The molecule has 1 atom stereocenters. The van der Waals surface area contributed by atoms with Crippen LogP contribution in [0.2, 0.25) is 0 Å². The van der Waals surface area contributed by atoms with Gasteiger partial charge < -0.3 is 15.0 Å². The van der Waals surface area contributed by atoms with Crippen molar-refractivity contribution in [2.45, 2.75) is 19.8 Å². The minimum absolute atomic E-state index is 0.0584. The van der Waals surface area contributed by atoms with E-state index < -0.39 is 0 Å². The van der Waals surface area contributed by atoms with Gasteiger partial charge in [-0.25, -0.2) is 0 Å². The molecular formula is C16H20N2O4. The predicted octanol–water partition coefficient (Wildman–Crippen LogP) is 1.03. The molecule has 1 unspecified atom stereocenters. The van der Waals surface area contributed by atoms with Crippen LogP contribution in [0.5, 0.6) is 0 Å². The van der Waals surface area contributed by atoms with Gasteiger partial charge in [-0.15, -0.1) is 0 Å². The SMILES string of the molecule is COC(=O)CCNC(=O)C1CC(=O)N(c2ccc(C)cc2)C1. The summed E-state index contributed by atoms with van der Waals surface area (Å²) in [6.07, 6.45) is 0.322. The molecule has 6 nitrogen and oxygen atoms in total. The van der Waals surface area contributed by atoms with Crippen LogP contribution in [0, 0.1) is 12.8 Å². The van der Waals surface area contributed by atoms with Crippen molar-refractivity contribution in [2.24, 2.45) is 5.92 Å². The molecule has 1 aliphatic rings. The fourth-order valence-electron chi connectivity index (χ4n) is 2.39. The van der Waals surface area contributed by atoms with Crippen LogP contribution in [0.25, 0.3) is 0 Å². The Morgan fingerprint density at radius 1 is 1.32 bits per heavy atom. The minimum Gasteiger partial charge on any atom is -0.469 e. The molecule has 1 N–H and O–H groups in total. The number of methoxy groups -OCH3 is 1. The molecule has 0 aromatic heterocycles. The molecule has 1 aromatic carbocycles. The fraction of sp³-hybridized carbons (Fsp3) is 0.438. The number of anilines is 1. The van der Waals surface area contributed by atoms with E-state index in [4.69, 9.17) is 0 Å². The van der Waals surface area contributed by atoms with Gasteiger partial charge in [-0.05, 0) is 19.1 Å². The zero-order chi connectivity index (χ0) is 16.1. The molecule has 1 aliphatic heterocycles. The lowest BCUT2D eigenvalue weighted by molar-refractivity contribution is -0.140. The van der Waals surface area contributed by atoms with Gasteiger partial charge in [0.15, 0.2) is 0 Å². The van der Waals surface area contributed by atoms with Gasteiger partial charge >= 0.3 is 5.97 Å². The van der Waals surface area contributed by atoms with Crippen molar-refractivity contribution in [3.05, 3.63) is 29.8 Å². The number of rotatable bonds is 5. The number of carbonyl (C=O) groups is 3. The first-order valence-corrected chi connectivity index (χ1v) is 7.23. The maximum Gasteiger partial charge on any atom is 0.307 e. The lowest BCUT2D eigenvalue weighted by Crippen LogP contribution is -2.34. The van der Waals surface area contributed by atoms with E-state index >= 15 is 0 Å². The van der Waals surface area contributed by atoms with E-state index in [0.29, 0.717) is 6.54 Å². The van der Waals surface area contributed by atoms with E-state index in [-0.39, 0.29) is 43.1 Å². The van der Waals surface area contributed by atoms with E-state index in [9.17, 15) is 14.4 Å². The second-order valence-corrected chi connectivity index (χ2v) is 5.36. The normalized spacial score (nSPS) is 17.5. The predicted molar refractivity (Wildman–Crippen MR) is 81.3 cm³/mol. The standard InChI is InChI=1S/C16H20N2O4/c1-11-3-5-13(6-4-11)18-10-12(9-14(18)19)16(21)17-8-7-15(20)22-2/h3-6,12H,7-10H2,1-2H3,(H,17,21). The highest BCUT2D eigenvalue weighted by Gasteiger charge is 2.34. The van der Waals surface area contributed by atoms with Gasteiger partial charge in [-0.2, -0.15) is 0 Å². The summed E-state index contributed by atoms with van der Waals surface area (Å²) in [5.74, 6) is -1.01. The zero-order valence-electron chi connectivity index (χ0n) is 12.8. The number of ether oxygens (including phenoxy) is 1. The molecule has 22 heavy (non-hydrogen) atoms. The molecule has 0 aliphatic carbocycles. The molecule has 6 heteroatoms. The number of aryl methyl sites for hydroxylation is 1. The van der Waals surface area contributed by atoms with Gasteiger partial charge in [0.05, 0.1) is 19.4 Å². The first-order chi connectivity index (χ1) is 10.5. The molecule has 0 spiro atoms. The van der Waals surface area contributed by atoms with Crippen LogP contribution in [0.1, 0.15) is 18.4 Å². The monoisotopic (exact) mass is 304 g/mol. The lowest BCUT2D eigenvalue weighted by atomic mass is 10.1. The topological polar surface area (TPSA) is 75.7 Å². The van der Waals surface area contributed by atoms with Crippen molar-refractivity contribution in [1.29, 1.82) is 0 Å². The highest BCUT2D eigenvalue weighted by atomic mass is 16.5. The average Bonchev–Trinajstić information content (AvgIpc) is 2.90. The third kappa shape index (κ3) is 3.84. The van der Waals surface area contributed by atoms with E-state index in [1.54, 1.807) is 4.90 Å². The second kappa shape index (κ2) is 7.06. The molecule has 0 bridgehead atoms. The Morgan fingerprint density at radius 2 is 2.00 bits per heavy atom. The number of hydrogen-bond acceptors (Lipinski definition) is 4. The van der Waals surface area contributed by atoms with Crippen LogP contribution < -0.4 is 10.2 Å². The third-order valence-electron chi connectivity index (χ3n) is 3.70. The van der Waals surface area contributed by atoms with Crippen LogP contribution >= 0.6 is 0 Å². The molecule has 2 amide bonds. The third-order valence-corrected chi connectivity index (χ3v) is 3.70. The zero-order valence-corrected chi connectivity index (χ0v) is 12.8. The molecular weight excluding hydrogens is 284 g/mol. The summed E-state index contributed by atoms with van der Waals surface area (Å²) in [5.41, 5.74) is 1.92. The first kappa shape index (κ1) is 16.0. The number of hydrogen-bond donors (Lipinski definition) is 1. The Kier molecular flexibility index (Phi) is 5.14. The van der Waals surface area contributed by atoms with E-state index in [0.717, 1.165) is 11.3 Å². The maximum absolute atomic E-state index is 12.1. The van der Waals surface area contributed by atoms with E-state index in [2.05, 4.69) is 10.1 Å². The maximum atomic E-state index is 12.1. The number of carbonyl (C=O) groups excluding carboxylic acids is 3. The van der Waals surface area contributed by atoms with E-state index in [1.807, 2.05) is 31.2 Å². The number of amides is 2. The van der Waals surface area contributed by atoms with Crippen molar-refractivity contribution in [2.75, 3.05) is 25.1 Å². The van der Waals surface area contributed by atoms with Crippen molar-refractivity contribution >= 4 is 23.5 Å². The highest BCUT2D eigenvalue weighted by molar-refractivity contribution is 6.00. The molecule has 118 valence electrons. The Hall–Kier alpha value is -2.37. The number of esters is 1. The minimum atomic E-state index is -0.383. The van der Waals surface area contributed by atoms with Crippen LogP contribution in [-0.4, -0.2) is 38.0 Å². The molecule has 0 saturated carbocycles. The van der Waals surface area contributed by atoms with Crippen molar-refractivity contribution in [3.63, 3.8) is 0 Å².